The van der Waals surface area contributed by atoms with Gasteiger partial charge in [-0.3, -0.25) is 4.79 Å². The maximum absolute atomic E-state index is 12.7. The molecule has 28 heavy (non-hydrogen) atoms. The maximum atomic E-state index is 12.7. The summed E-state index contributed by atoms with van der Waals surface area (Å²) in [6.07, 6.45) is 11.1. The highest BCUT2D eigenvalue weighted by molar-refractivity contribution is 5.94. The van der Waals surface area contributed by atoms with Crippen LogP contribution in [0, 0.1) is 0 Å². The molecule has 0 saturated heterocycles. The number of para-hydroxylation sites is 1. The van der Waals surface area contributed by atoms with Gasteiger partial charge in [-0.15, -0.1) is 0 Å². The molecule has 3 nitrogen and oxygen atoms in total. The number of hydrogen-bond donors (Lipinski definition) is 1. The third-order valence-electron chi connectivity index (χ3n) is 6.24. The van der Waals surface area contributed by atoms with Crippen molar-refractivity contribution in [3.8, 4) is 0 Å². The number of aryl methyl sites for hydroxylation is 1. The first-order chi connectivity index (χ1) is 13.8. The van der Waals surface area contributed by atoms with Gasteiger partial charge in [0.05, 0.1) is 0 Å². The highest BCUT2D eigenvalue weighted by Gasteiger charge is 2.17. The Morgan fingerprint density at radius 1 is 0.893 bits per heavy atom. The van der Waals surface area contributed by atoms with E-state index in [1.54, 1.807) is 0 Å². The van der Waals surface area contributed by atoms with Gasteiger partial charge in [-0.05, 0) is 55.0 Å². The zero-order valence-corrected chi connectivity index (χ0v) is 16.8. The number of amides is 1. The lowest BCUT2D eigenvalue weighted by atomic mass is 9.96. The minimum atomic E-state index is 0.0837. The van der Waals surface area contributed by atoms with Crippen molar-refractivity contribution < 1.29 is 4.79 Å². The van der Waals surface area contributed by atoms with Crippen molar-refractivity contribution in [3.63, 3.8) is 0 Å². The van der Waals surface area contributed by atoms with Gasteiger partial charge in [0.25, 0.3) is 5.91 Å². The van der Waals surface area contributed by atoms with Crippen molar-refractivity contribution in [2.45, 2.75) is 70.4 Å². The summed E-state index contributed by atoms with van der Waals surface area (Å²) in [4.78, 5) is 15.1. The zero-order valence-electron chi connectivity index (χ0n) is 16.8. The second-order valence-corrected chi connectivity index (χ2v) is 8.37. The lowest BCUT2D eigenvalue weighted by Gasteiger charge is -2.31. The lowest BCUT2D eigenvalue weighted by molar-refractivity contribution is 0.0930. The summed E-state index contributed by atoms with van der Waals surface area (Å²) in [5.74, 6) is 0.0837. The van der Waals surface area contributed by atoms with E-state index >= 15 is 0 Å². The van der Waals surface area contributed by atoms with Crippen LogP contribution in [0.15, 0.2) is 48.5 Å². The van der Waals surface area contributed by atoms with Gasteiger partial charge in [0.2, 0.25) is 0 Å². The highest BCUT2D eigenvalue weighted by atomic mass is 16.1. The molecule has 3 heteroatoms. The summed E-state index contributed by atoms with van der Waals surface area (Å²) in [5.41, 5.74) is 4.85. The van der Waals surface area contributed by atoms with Crippen LogP contribution >= 0.6 is 0 Å². The SMILES string of the molecule is O=C(NC1CCCCCCC1)c1ccc(CN2CCCc3ccccc32)cc1. The molecule has 0 spiro atoms. The smallest absolute Gasteiger partial charge is 0.251 e. The van der Waals surface area contributed by atoms with Gasteiger partial charge in [-0.25, -0.2) is 0 Å². The molecule has 0 radical (unpaired) electrons. The van der Waals surface area contributed by atoms with Crippen LogP contribution in [-0.4, -0.2) is 18.5 Å². The molecule has 1 aliphatic carbocycles. The fourth-order valence-electron chi connectivity index (χ4n) is 4.63. The van der Waals surface area contributed by atoms with Gasteiger partial charge in [-0.2, -0.15) is 0 Å². The quantitative estimate of drug-likeness (QED) is 0.766. The minimum Gasteiger partial charge on any atom is -0.367 e. The molecule has 2 aromatic carbocycles. The van der Waals surface area contributed by atoms with E-state index in [0.717, 1.165) is 31.5 Å². The molecule has 2 aromatic rings. The van der Waals surface area contributed by atoms with Crippen molar-refractivity contribution in [1.29, 1.82) is 0 Å². The number of hydrogen-bond acceptors (Lipinski definition) is 2. The predicted molar refractivity (Wildman–Crippen MR) is 116 cm³/mol. The number of carbonyl (C=O) groups is 1. The molecule has 1 saturated carbocycles. The van der Waals surface area contributed by atoms with Gasteiger partial charge in [-0.1, -0.05) is 62.4 Å². The molecule has 2 aliphatic rings. The Morgan fingerprint density at radius 3 is 2.39 bits per heavy atom. The maximum Gasteiger partial charge on any atom is 0.251 e. The topological polar surface area (TPSA) is 32.3 Å². The van der Waals surface area contributed by atoms with Crippen molar-refractivity contribution in [1.82, 2.24) is 5.32 Å². The zero-order chi connectivity index (χ0) is 19.2. The van der Waals surface area contributed by atoms with Crippen LogP contribution in [-0.2, 0) is 13.0 Å². The molecule has 1 fully saturated rings. The second kappa shape index (κ2) is 9.27. The summed E-state index contributed by atoms with van der Waals surface area (Å²) in [6, 6.07) is 17.3. The Balaban J connectivity index is 1.37. The Morgan fingerprint density at radius 2 is 1.61 bits per heavy atom. The number of benzene rings is 2. The molecule has 1 N–H and O–H groups in total. The molecule has 1 amide bonds. The summed E-state index contributed by atoms with van der Waals surface area (Å²) in [5, 5.41) is 3.27. The Labute approximate surface area is 169 Å². The van der Waals surface area contributed by atoms with Gasteiger partial charge in [0.1, 0.15) is 0 Å². The van der Waals surface area contributed by atoms with Crippen LogP contribution in [0.2, 0.25) is 0 Å². The standard InChI is InChI=1S/C25H32N2O/c28-25(26-23-11-4-2-1-3-5-12-23)22-16-14-20(15-17-22)19-27-18-8-10-21-9-6-7-13-24(21)27/h6-7,9,13-17,23H,1-5,8,10-12,18-19H2,(H,26,28). The molecular formula is C25H32N2O. The van der Waals surface area contributed by atoms with Crippen molar-refractivity contribution in [3.05, 3.63) is 65.2 Å². The van der Waals surface area contributed by atoms with Crippen LogP contribution in [0.4, 0.5) is 5.69 Å². The van der Waals surface area contributed by atoms with Crippen molar-refractivity contribution >= 4 is 11.6 Å². The minimum absolute atomic E-state index is 0.0837. The summed E-state index contributed by atoms with van der Waals surface area (Å²) >= 11 is 0. The first kappa shape index (κ1) is 19.0. The third kappa shape index (κ3) is 4.76. The monoisotopic (exact) mass is 376 g/mol. The number of nitrogens with zero attached hydrogens (tertiary/aromatic N) is 1. The third-order valence-corrected chi connectivity index (χ3v) is 6.24. The average Bonchev–Trinajstić information content (AvgIpc) is 2.71. The average molecular weight is 377 g/mol. The number of carbonyl (C=O) groups excluding carboxylic acids is 1. The fraction of sp³-hybridized carbons (Fsp3) is 0.480. The Kier molecular flexibility index (Phi) is 6.31. The Hall–Kier alpha value is -2.29. The molecule has 1 aliphatic heterocycles. The largest absolute Gasteiger partial charge is 0.367 e. The van der Waals surface area contributed by atoms with E-state index < -0.39 is 0 Å². The fourth-order valence-corrected chi connectivity index (χ4v) is 4.63. The van der Waals surface area contributed by atoms with Gasteiger partial charge >= 0.3 is 0 Å². The van der Waals surface area contributed by atoms with E-state index in [-0.39, 0.29) is 5.91 Å². The second-order valence-electron chi connectivity index (χ2n) is 8.37. The van der Waals surface area contributed by atoms with E-state index in [1.165, 1.54) is 61.8 Å². The number of anilines is 1. The molecule has 1 heterocycles. The first-order valence-electron chi connectivity index (χ1n) is 11.0. The van der Waals surface area contributed by atoms with Crippen LogP contribution in [0.25, 0.3) is 0 Å². The molecular weight excluding hydrogens is 344 g/mol. The molecule has 4 rings (SSSR count). The number of rotatable bonds is 4. The summed E-state index contributed by atoms with van der Waals surface area (Å²) in [6.45, 7) is 2.00. The van der Waals surface area contributed by atoms with E-state index in [2.05, 4.69) is 46.6 Å². The highest BCUT2D eigenvalue weighted by Crippen LogP contribution is 2.28. The Bertz CT molecular complexity index is 775. The van der Waals surface area contributed by atoms with E-state index in [0.29, 0.717) is 6.04 Å². The van der Waals surface area contributed by atoms with E-state index in [4.69, 9.17) is 0 Å². The molecule has 0 unspecified atom stereocenters. The summed E-state index contributed by atoms with van der Waals surface area (Å²) in [7, 11) is 0. The van der Waals surface area contributed by atoms with Gasteiger partial charge < -0.3 is 10.2 Å². The van der Waals surface area contributed by atoms with Gasteiger partial charge in [0, 0.05) is 30.4 Å². The van der Waals surface area contributed by atoms with Gasteiger partial charge in [0.15, 0.2) is 0 Å². The van der Waals surface area contributed by atoms with Crippen molar-refractivity contribution in [2.24, 2.45) is 0 Å². The van der Waals surface area contributed by atoms with E-state index in [9.17, 15) is 4.79 Å². The molecule has 0 bridgehead atoms. The van der Waals surface area contributed by atoms with Crippen LogP contribution in [0.5, 0.6) is 0 Å². The molecule has 148 valence electrons. The predicted octanol–water partition coefficient (Wildman–Crippen LogP) is 5.48. The van der Waals surface area contributed by atoms with Crippen LogP contribution < -0.4 is 10.2 Å². The number of nitrogens with one attached hydrogen (secondary N) is 1. The molecule has 0 aromatic heterocycles. The first-order valence-corrected chi connectivity index (χ1v) is 11.0. The van der Waals surface area contributed by atoms with Crippen LogP contribution in [0.1, 0.15) is 72.9 Å². The summed E-state index contributed by atoms with van der Waals surface area (Å²) < 4.78 is 0. The molecule has 0 atom stereocenters. The van der Waals surface area contributed by atoms with E-state index in [1.807, 2.05) is 12.1 Å². The normalized spacial score (nSPS) is 18.1. The van der Waals surface area contributed by atoms with Crippen LogP contribution in [0.3, 0.4) is 0 Å². The number of fused-ring (bicyclic) bond motifs is 1. The lowest BCUT2D eigenvalue weighted by Crippen LogP contribution is -2.35. The van der Waals surface area contributed by atoms with Crippen molar-refractivity contribution in [2.75, 3.05) is 11.4 Å².